The molecule has 32 heavy (non-hydrogen) atoms. The van der Waals surface area contributed by atoms with Crippen LogP contribution in [-0.2, 0) is 19.6 Å². The Hall–Kier alpha value is -2.70. The molecule has 1 aromatic carbocycles. The minimum Gasteiger partial charge on any atom is -0.493 e. The highest BCUT2D eigenvalue weighted by molar-refractivity contribution is 6.21. The van der Waals surface area contributed by atoms with Crippen LogP contribution in [0.2, 0.25) is 0 Å². The fourth-order valence-corrected chi connectivity index (χ4v) is 4.74. The lowest BCUT2D eigenvalue weighted by Crippen LogP contribution is -2.37. The number of benzene rings is 1. The smallest absolute Gasteiger partial charge is 0.195 e. The largest absolute Gasteiger partial charge is 0.493 e. The van der Waals surface area contributed by atoms with Crippen molar-refractivity contribution in [2.45, 2.75) is 51.7 Å². The van der Waals surface area contributed by atoms with Crippen LogP contribution in [0.4, 0.5) is 0 Å². The summed E-state index contributed by atoms with van der Waals surface area (Å²) >= 11 is 0. The van der Waals surface area contributed by atoms with Gasteiger partial charge in [0.1, 0.15) is 11.9 Å². The Kier molecular flexibility index (Phi) is 6.10. The molecule has 4 rings (SSSR count). The highest BCUT2D eigenvalue weighted by Gasteiger charge is 2.44. The molecular formula is C26H32N2O4. The van der Waals surface area contributed by atoms with E-state index in [2.05, 4.69) is 23.8 Å². The summed E-state index contributed by atoms with van der Waals surface area (Å²) in [7, 11) is 3.41. The Balaban J connectivity index is 1.81. The van der Waals surface area contributed by atoms with E-state index in [-0.39, 0.29) is 23.4 Å². The molecule has 0 aliphatic heterocycles. The Bertz CT molecular complexity index is 1130. The standard InChI is InChI=1S/C26H32N2O4/c1-15(2)32-22-12-18-19(13-21(22)31-10-9-30-6)26(3,4)25-23(24(18)29)17-8-7-16(14-27-5)11-20(17)28-25/h7-8,11-12,14-15,21,28H,9-10,13H2,1-6H3/b27-14+. The average molecular weight is 437 g/mol. The number of nitrogens with one attached hydrogen (secondary N) is 1. The van der Waals surface area contributed by atoms with Crippen molar-refractivity contribution in [3.8, 4) is 0 Å². The summed E-state index contributed by atoms with van der Waals surface area (Å²) in [6.07, 6.45) is 4.08. The highest BCUT2D eigenvalue weighted by atomic mass is 16.6. The quantitative estimate of drug-likeness (QED) is 0.503. The maximum Gasteiger partial charge on any atom is 0.195 e. The van der Waals surface area contributed by atoms with E-state index in [1.807, 2.05) is 44.3 Å². The number of ether oxygens (including phenoxy) is 3. The van der Waals surface area contributed by atoms with Gasteiger partial charge in [-0.25, -0.2) is 0 Å². The first kappa shape index (κ1) is 22.5. The summed E-state index contributed by atoms with van der Waals surface area (Å²) in [4.78, 5) is 21.4. The number of ketones is 1. The molecule has 1 atom stereocenters. The van der Waals surface area contributed by atoms with Crippen LogP contribution in [0.3, 0.4) is 0 Å². The zero-order chi connectivity index (χ0) is 23.0. The monoisotopic (exact) mass is 436 g/mol. The van der Waals surface area contributed by atoms with Crippen LogP contribution >= 0.6 is 0 Å². The topological polar surface area (TPSA) is 72.9 Å². The van der Waals surface area contributed by atoms with E-state index in [1.54, 1.807) is 14.2 Å². The Morgan fingerprint density at radius 3 is 2.75 bits per heavy atom. The van der Waals surface area contributed by atoms with Crippen molar-refractivity contribution >= 4 is 22.9 Å². The number of carbonyl (C=O) groups is 1. The molecule has 6 nitrogen and oxygen atoms in total. The van der Waals surface area contributed by atoms with Gasteiger partial charge in [-0.2, -0.15) is 0 Å². The van der Waals surface area contributed by atoms with E-state index in [1.165, 1.54) is 0 Å². The predicted octanol–water partition coefficient (Wildman–Crippen LogP) is 4.73. The number of hydrogen-bond donors (Lipinski definition) is 1. The van der Waals surface area contributed by atoms with E-state index in [0.717, 1.165) is 38.9 Å². The lowest BCUT2D eigenvalue weighted by Gasteiger charge is -2.39. The van der Waals surface area contributed by atoms with Crippen LogP contribution in [0.1, 0.15) is 55.7 Å². The Morgan fingerprint density at radius 1 is 1.28 bits per heavy atom. The van der Waals surface area contributed by atoms with Crippen LogP contribution in [-0.4, -0.2) is 56.6 Å². The third-order valence-electron chi connectivity index (χ3n) is 6.25. The molecule has 0 saturated carbocycles. The number of methoxy groups -OCH3 is 1. The number of aromatic amines is 1. The lowest BCUT2D eigenvalue weighted by atomic mass is 9.67. The molecule has 170 valence electrons. The van der Waals surface area contributed by atoms with Gasteiger partial charge in [-0.1, -0.05) is 26.0 Å². The van der Waals surface area contributed by atoms with Crippen molar-refractivity contribution in [1.82, 2.24) is 4.98 Å². The maximum atomic E-state index is 13.8. The Labute approximate surface area is 189 Å². The molecule has 2 aliphatic carbocycles. The minimum atomic E-state index is -0.348. The molecule has 2 aliphatic rings. The lowest BCUT2D eigenvalue weighted by molar-refractivity contribution is -0.00848. The maximum absolute atomic E-state index is 13.8. The molecule has 1 unspecified atom stereocenters. The van der Waals surface area contributed by atoms with Gasteiger partial charge in [-0.05, 0) is 37.1 Å². The zero-order valence-corrected chi connectivity index (χ0v) is 19.7. The van der Waals surface area contributed by atoms with Gasteiger partial charge < -0.3 is 19.2 Å². The summed E-state index contributed by atoms with van der Waals surface area (Å²) in [5.41, 5.74) is 5.12. The summed E-state index contributed by atoms with van der Waals surface area (Å²) in [6.45, 7) is 9.29. The molecule has 1 heterocycles. The molecule has 6 heteroatoms. The molecular weight excluding hydrogens is 404 g/mol. The van der Waals surface area contributed by atoms with Gasteiger partial charge in [-0.3, -0.25) is 9.79 Å². The molecule has 1 N–H and O–H groups in total. The second-order valence-corrected chi connectivity index (χ2v) is 9.18. The number of H-pyrrole nitrogens is 1. The normalized spacial score (nSPS) is 20.2. The second-order valence-electron chi connectivity index (χ2n) is 9.18. The summed E-state index contributed by atoms with van der Waals surface area (Å²) in [5.74, 6) is 0.751. The zero-order valence-electron chi connectivity index (χ0n) is 19.7. The van der Waals surface area contributed by atoms with Gasteiger partial charge >= 0.3 is 0 Å². The third-order valence-corrected chi connectivity index (χ3v) is 6.25. The van der Waals surface area contributed by atoms with E-state index >= 15 is 0 Å². The predicted molar refractivity (Wildman–Crippen MR) is 127 cm³/mol. The van der Waals surface area contributed by atoms with Crippen LogP contribution in [0.5, 0.6) is 0 Å². The van der Waals surface area contributed by atoms with E-state index in [4.69, 9.17) is 14.2 Å². The molecule has 0 amide bonds. The molecule has 0 radical (unpaired) electrons. The second kappa shape index (κ2) is 8.68. The molecule has 0 bridgehead atoms. The average Bonchev–Trinajstić information content (AvgIpc) is 3.13. The minimum absolute atomic E-state index is 0.00840. The van der Waals surface area contributed by atoms with Gasteiger partial charge in [-0.15, -0.1) is 0 Å². The van der Waals surface area contributed by atoms with Crippen molar-refractivity contribution in [2.24, 2.45) is 4.99 Å². The number of hydrogen-bond acceptors (Lipinski definition) is 5. The number of rotatable bonds is 7. The van der Waals surface area contributed by atoms with E-state index < -0.39 is 0 Å². The van der Waals surface area contributed by atoms with Crippen molar-refractivity contribution in [1.29, 1.82) is 0 Å². The fraction of sp³-hybridized carbons (Fsp3) is 0.462. The SMILES string of the molecule is C/N=C/c1ccc2c3c([nH]c2c1)C(C)(C)C1=C(C=C(OC(C)C)C(OCCOC)C1)C3=O. The number of allylic oxidation sites excluding steroid dienone is 2. The van der Waals surface area contributed by atoms with Gasteiger partial charge in [0.2, 0.25) is 0 Å². The van der Waals surface area contributed by atoms with Gasteiger partial charge in [0.25, 0.3) is 0 Å². The van der Waals surface area contributed by atoms with E-state index in [9.17, 15) is 4.79 Å². The summed E-state index contributed by atoms with van der Waals surface area (Å²) < 4.78 is 17.4. The van der Waals surface area contributed by atoms with Gasteiger partial charge in [0.15, 0.2) is 5.78 Å². The molecule has 2 aromatic rings. The number of Topliss-reactive ketones (excluding diaryl/α,β-unsaturated/α-hetero) is 1. The molecule has 0 fully saturated rings. The molecule has 0 saturated heterocycles. The summed E-state index contributed by atoms with van der Waals surface area (Å²) in [5, 5.41) is 0.941. The summed E-state index contributed by atoms with van der Waals surface area (Å²) in [6, 6.07) is 6.05. The van der Waals surface area contributed by atoms with Gasteiger partial charge in [0, 0.05) is 54.4 Å². The number of fused-ring (bicyclic) bond motifs is 3. The van der Waals surface area contributed by atoms with Crippen LogP contribution in [0.25, 0.3) is 10.9 Å². The van der Waals surface area contributed by atoms with Crippen LogP contribution in [0.15, 0.2) is 46.2 Å². The third kappa shape index (κ3) is 3.82. The first-order valence-electron chi connectivity index (χ1n) is 11.1. The number of nitrogens with zero attached hydrogens (tertiary/aromatic N) is 1. The molecule has 1 aromatic heterocycles. The first-order valence-corrected chi connectivity index (χ1v) is 11.1. The number of aliphatic imine (C=N–C) groups is 1. The van der Waals surface area contributed by atoms with Crippen molar-refractivity contribution in [2.75, 3.05) is 27.4 Å². The van der Waals surface area contributed by atoms with E-state index in [0.29, 0.717) is 25.4 Å². The van der Waals surface area contributed by atoms with Crippen LogP contribution < -0.4 is 0 Å². The van der Waals surface area contributed by atoms with Crippen molar-refractivity contribution < 1.29 is 19.0 Å². The van der Waals surface area contributed by atoms with Crippen molar-refractivity contribution in [3.05, 3.63) is 58.0 Å². The number of carbonyl (C=O) groups excluding carboxylic acids is 1. The van der Waals surface area contributed by atoms with Crippen molar-refractivity contribution in [3.63, 3.8) is 0 Å². The Morgan fingerprint density at radius 2 is 2.06 bits per heavy atom. The molecule has 0 spiro atoms. The first-order chi connectivity index (χ1) is 15.3. The fourth-order valence-electron chi connectivity index (χ4n) is 4.74. The number of aromatic nitrogens is 1. The highest BCUT2D eigenvalue weighted by Crippen LogP contribution is 2.48. The van der Waals surface area contributed by atoms with Crippen LogP contribution in [0, 0.1) is 0 Å². The van der Waals surface area contributed by atoms with Gasteiger partial charge in [0.05, 0.1) is 24.9 Å².